The second kappa shape index (κ2) is 11.4. The monoisotopic (exact) mass is 461 g/mol. The number of anilines is 1. The number of carbonyl (C=O) groups is 2. The molecule has 0 unspecified atom stereocenters. The van der Waals surface area contributed by atoms with Crippen molar-refractivity contribution < 1.29 is 19.1 Å². The number of nitrogens with zero attached hydrogens (tertiary/aromatic N) is 1. The van der Waals surface area contributed by atoms with Crippen LogP contribution in [0.4, 0.5) is 5.69 Å². The first-order valence-electron chi connectivity index (χ1n) is 11.7. The van der Waals surface area contributed by atoms with Gasteiger partial charge in [0.25, 0.3) is 5.91 Å². The molecule has 4 rings (SSSR count). The normalized spacial score (nSPS) is 12.7. The summed E-state index contributed by atoms with van der Waals surface area (Å²) in [7, 11) is 1.57. The zero-order valence-corrected chi connectivity index (χ0v) is 19.5. The van der Waals surface area contributed by atoms with Crippen LogP contribution in [-0.4, -0.2) is 56.1 Å². The van der Waals surface area contributed by atoms with Crippen LogP contribution in [0.15, 0.2) is 66.7 Å². The predicted molar refractivity (Wildman–Crippen MR) is 133 cm³/mol. The number of methoxy groups -OCH3 is 1. The molecule has 0 spiro atoms. The van der Waals surface area contributed by atoms with Crippen LogP contribution in [0.3, 0.4) is 0 Å². The zero-order valence-electron chi connectivity index (χ0n) is 19.5. The molecule has 0 bridgehead atoms. The summed E-state index contributed by atoms with van der Waals surface area (Å²) >= 11 is 0. The molecule has 1 aliphatic carbocycles. The van der Waals surface area contributed by atoms with Crippen molar-refractivity contribution in [3.63, 3.8) is 0 Å². The van der Waals surface area contributed by atoms with Crippen LogP contribution in [-0.2, 0) is 9.59 Å². The lowest BCUT2D eigenvalue weighted by atomic mass is 10.1. The van der Waals surface area contributed by atoms with Gasteiger partial charge in [-0.2, -0.15) is 0 Å². The lowest BCUT2D eigenvalue weighted by Crippen LogP contribution is -2.40. The molecule has 2 N–H and O–H groups in total. The van der Waals surface area contributed by atoms with Crippen molar-refractivity contribution >= 4 is 28.3 Å². The highest BCUT2D eigenvalue weighted by Crippen LogP contribution is 2.29. The quantitative estimate of drug-likeness (QED) is 0.401. The Balaban J connectivity index is 1.20. The van der Waals surface area contributed by atoms with Gasteiger partial charge in [-0.3, -0.25) is 9.59 Å². The molecule has 0 heterocycles. The minimum absolute atomic E-state index is 0.0659. The van der Waals surface area contributed by atoms with E-state index in [1.807, 2.05) is 36.4 Å². The van der Waals surface area contributed by atoms with Gasteiger partial charge in [0.05, 0.1) is 7.11 Å². The van der Waals surface area contributed by atoms with Gasteiger partial charge in [-0.05, 0) is 36.4 Å². The predicted octanol–water partition coefficient (Wildman–Crippen LogP) is 3.84. The topological polar surface area (TPSA) is 79.9 Å². The first kappa shape index (κ1) is 23.4. The lowest BCUT2D eigenvalue weighted by Gasteiger charge is -2.22. The van der Waals surface area contributed by atoms with Crippen LogP contribution < -0.4 is 20.1 Å². The van der Waals surface area contributed by atoms with E-state index in [1.54, 1.807) is 24.1 Å². The Morgan fingerprint density at radius 2 is 1.68 bits per heavy atom. The van der Waals surface area contributed by atoms with Crippen molar-refractivity contribution in [1.82, 2.24) is 10.2 Å². The van der Waals surface area contributed by atoms with Crippen molar-refractivity contribution in [3.8, 4) is 11.5 Å². The zero-order chi connectivity index (χ0) is 23.8. The summed E-state index contributed by atoms with van der Waals surface area (Å²) in [4.78, 5) is 26.9. The Morgan fingerprint density at radius 1 is 0.941 bits per heavy atom. The van der Waals surface area contributed by atoms with Crippen LogP contribution in [0.1, 0.15) is 19.3 Å². The van der Waals surface area contributed by atoms with Gasteiger partial charge < -0.3 is 25.0 Å². The average Bonchev–Trinajstić information content (AvgIpc) is 3.71. The molecular formula is C27H31N3O4. The SMILES string of the molecule is COc1ccccc1OCC(=O)N(CCC(=O)NCCNc1cccc2ccccc12)C1CC1. The molecule has 3 aromatic carbocycles. The number of amides is 2. The van der Waals surface area contributed by atoms with Crippen LogP contribution in [0.2, 0.25) is 0 Å². The summed E-state index contributed by atoms with van der Waals surface area (Å²) in [6.45, 7) is 1.45. The van der Waals surface area contributed by atoms with Gasteiger partial charge in [0.15, 0.2) is 18.1 Å². The maximum Gasteiger partial charge on any atom is 0.260 e. The Morgan fingerprint density at radius 3 is 2.47 bits per heavy atom. The summed E-state index contributed by atoms with van der Waals surface area (Å²) in [5, 5.41) is 8.66. The van der Waals surface area contributed by atoms with Crippen molar-refractivity contribution in [2.75, 3.05) is 38.7 Å². The third-order valence-electron chi connectivity index (χ3n) is 5.86. The summed E-state index contributed by atoms with van der Waals surface area (Å²) in [5.74, 6) is 0.943. The van der Waals surface area contributed by atoms with Crippen LogP contribution in [0, 0.1) is 0 Å². The number of hydrogen-bond donors (Lipinski definition) is 2. The molecule has 7 heteroatoms. The molecule has 1 fully saturated rings. The van der Waals surface area contributed by atoms with E-state index >= 15 is 0 Å². The lowest BCUT2D eigenvalue weighted by molar-refractivity contribution is -0.134. The largest absolute Gasteiger partial charge is 0.493 e. The van der Waals surface area contributed by atoms with Crippen LogP contribution in [0.25, 0.3) is 10.8 Å². The minimum Gasteiger partial charge on any atom is -0.493 e. The fourth-order valence-corrected chi connectivity index (χ4v) is 3.95. The molecule has 2 amide bonds. The van der Waals surface area contributed by atoms with E-state index < -0.39 is 0 Å². The van der Waals surface area contributed by atoms with Crippen LogP contribution >= 0.6 is 0 Å². The summed E-state index contributed by atoms with van der Waals surface area (Å²) in [6.07, 6.45) is 2.21. The maximum atomic E-state index is 12.8. The molecule has 1 saturated carbocycles. The van der Waals surface area contributed by atoms with Gasteiger partial charge in [0.1, 0.15) is 0 Å². The Hall–Kier alpha value is -3.74. The molecule has 7 nitrogen and oxygen atoms in total. The first-order chi connectivity index (χ1) is 16.7. The highest BCUT2D eigenvalue weighted by Gasteiger charge is 2.32. The summed E-state index contributed by atoms with van der Waals surface area (Å²) in [6, 6.07) is 21.8. The molecule has 0 atom stereocenters. The molecule has 0 aromatic heterocycles. The smallest absolute Gasteiger partial charge is 0.260 e. The van der Waals surface area contributed by atoms with E-state index in [0.29, 0.717) is 31.1 Å². The number of carbonyl (C=O) groups excluding carboxylic acids is 2. The number of ether oxygens (including phenoxy) is 2. The highest BCUT2D eigenvalue weighted by atomic mass is 16.5. The molecule has 1 aliphatic rings. The fraction of sp³-hybridized carbons (Fsp3) is 0.333. The Bertz CT molecular complexity index is 1120. The second-order valence-electron chi connectivity index (χ2n) is 8.31. The van der Waals surface area contributed by atoms with Crippen molar-refractivity contribution in [3.05, 3.63) is 66.7 Å². The average molecular weight is 462 g/mol. The van der Waals surface area contributed by atoms with Gasteiger partial charge in [-0.25, -0.2) is 0 Å². The fourth-order valence-electron chi connectivity index (χ4n) is 3.95. The van der Waals surface area contributed by atoms with Crippen molar-refractivity contribution in [1.29, 1.82) is 0 Å². The standard InChI is InChI=1S/C27H31N3O4/c1-33-24-11-4-5-12-25(24)34-19-27(32)30(21-13-14-21)18-15-26(31)29-17-16-28-23-10-6-8-20-7-2-3-9-22(20)23/h2-12,21,28H,13-19H2,1H3,(H,29,31). The van der Waals surface area contributed by atoms with E-state index in [2.05, 4.69) is 28.8 Å². The second-order valence-corrected chi connectivity index (χ2v) is 8.31. The molecule has 0 radical (unpaired) electrons. The minimum atomic E-state index is -0.112. The Kier molecular flexibility index (Phi) is 7.86. The number of nitrogens with one attached hydrogen (secondary N) is 2. The van der Waals surface area contributed by atoms with Gasteiger partial charge in [0.2, 0.25) is 5.91 Å². The number of hydrogen-bond acceptors (Lipinski definition) is 5. The van der Waals surface area contributed by atoms with E-state index in [1.165, 1.54) is 5.39 Å². The summed E-state index contributed by atoms with van der Waals surface area (Å²) in [5.41, 5.74) is 1.05. The van der Waals surface area contributed by atoms with Crippen molar-refractivity contribution in [2.24, 2.45) is 0 Å². The molecule has 3 aromatic rings. The van der Waals surface area contributed by atoms with Crippen molar-refractivity contribution in [2.45, 2.75) is 25.3 Å². The number of fused-ring (bicyclic) bond motifs is 1. The maximum absolute atomic E-state index is 12.8. The number of para-hydroxylation sites is 2. The van der Waals surface area contributed by atoms with Gasteiger partial charge >= 0.3 is 0 Å². The van der Waals surface area contributed by atoms with Gasteiger partial charge in [-0.15, -0.1) is 0 Å². The first-order valence-corrected chi connectivity index (χ1v) is 11.7. The van der Waals surface area contributed by atoms with Crippen LogP contribution in [0.5, 0.6) is 11.5 Å². The van der Waals surface area contributed by atoms with E-state index in [4.69, 9.17) is 9.47 Å². The van der Waals surface area contributed by atoms with E-state index in [0.717, 1.165) is 23.9 Å². The highest BCUT2D eigenvalue weighted by molar-refractivity contribution is 5.93. The van der Waals surface area contributed by atoms with E-state index in [-0.39, 0.29) is 30.9 Å². The molecule has 178 valence electrons. The van der Waals surface area contributed by atoms with Gasteiger partial charge in [0, 0.05) is 43.2 Å². The van der Waals surface area contributed by atoms with E-state index in [9.17, 15) is 9.59 Å². The third-order valence-corrected chi connectivity index (χ3v) is 5.86. The number of rotatable bonds is 12. The molecular weight excluding hydrogens is 430 g/mol. The summed E-state index contributed by atoms with van der Waals surface area (Å²) < 4.78 is 10.9. The molecule has 34 heavy (non-hydrogen) atoms. The number of benzene rings is 3. The third kappa shape index (κ3) is 6.19. The van der Waals surface area contributed by atoms with Gasteiger partial charge in [-0.1, -0.05) is 48.5 Å². The Labute approximate surface area is 200 Å². The molecule has 0 aliphatic heterocycles. The molecule has 0 saturated heterocycles.